The van der Waals surface area contributed by atoms with Crippen LogP contribution in [-0.4, -0.2) is 56.7 Å². The molecule has 0 radical (unpaired) electrons. The summed E-state index contributed by atoms with van der Waals surface area (Å²) in [6.45, 7) is 7.82. The minimum absolute atomic E-state index is 0.166. The molecule has 0 aliphatic carbocycles. The molecule has 0 bridgehead atoms. The van der Waals surface area contributed by atoms with Crippen molar-refractivity contribution in [2.75, 3.05) is 26.2 Å². The lowest BCUT2D eigenvalue weighted by atomic mass is 10.3. The predicted octanol–water partition coefficient (Wildman–Crippen LogP) is -0.212. The predicted molar refractivity (Wildman–Crippen MR) is 63.3 cm³/mol. The Balaban J connectivity index is 1.90. The van der Waals surface area contributed by atoms with Crippen molar-refractivity contribution in [3.8, 4) is 0 Å². The molecule has 0 aromatic carbocycles. The molecule has 0 spiro atoms. The van der Waals surface area contributed by atoms with Crippen LogP contribution in [0.4, 0.5) is 0 Å². The second-order valence-electron chi connectivity index (χ2n) is 4.50. The van der Waals surface area contributed by atoms with E-state index in [-0.39, 0.29) is 5.91 Å². The first-order valence-electron chi connectivity index (χ1n) is 5.90. The fourth-order valence-electron chi connectivity index (χ4n) is 2.01. The lowest BCUT2D eigenvalue weighted by Crippen LogP contribution is -2.47. The highest BCUT2D eigenvalue weighted by atomic mass is 16.2. The summed E-state index contributed by atoms with van der Waals surface area (Å²) in [5.41, 5.74) is 0. The zero-order valence-corrected chi connectivity index (χ0v) is 10.7. The molecule has 1 amide bonds. The van der Waals surface area contributed by atoms with Gasteiger partial charge in [0.15, 0.2) is 0 Å². The summed E-state index contributed by atoms with van der Waals surface area (Å²) in [4.78, 5) is 15.4. The molecule has 1 fully saturated rings. The van der Waals surface area contributed by atoms with Crippen LogP contribution in [-0.2, 0) is 18.4 Å². The zero-order valence-electron chi connectivity index (χ0n) is 10.7. The van der Waals surface area contributed by atoms with Crippen LogP contribution in [0.15, 0.2) is 0 Å². The second-order valence-corrected chi connectivity index (χ2v) is 4.50. The molecule has 17 heavy (non-hydrogen) atoms. The molecule has 1 aromatic heterocycles. The summed E-state index contributed by atoms with van der Waals surface area (Å²) in [5.74, 6) is 2.08. The van der Waals surface area contributed by atoms with E-state index in [2.05, 4.69) is 15.1 Å². The topological polar surface area (TPSA) is 54.3 Å². The fourth-order valence-corrected chi connectivity index (χ4v) is 2.01. The number of rotatable bonds is 2. The number of nitrogens with zero attached hydrogens (tertiary/aromatic N) is 5. The van der Waals surface area contributed by atoms with Gasteiger partial charge in [-0.2, -0.15) is 0 Å². The maximum Gasteiger partial charge on any atom is 0.219 e. The number of hydrogen-bond acceptors (Lipinski definition) is 4. The SMILES string of the molecule is CC(=O)N1CCN(Cc2nnc(C)n2C)CC1. The average molecular weight is 237 g/mol. The van der Waals surface area contributed by atoms with Crippen molar-refractivity contribution in [2.45, 2.75) is 20.4 Å². The van der Waals surface area contributed by atoms with E-state index in [0.29, 0.717) is 0 Å². The Morgan fingerprint density at radius 3 is 2.35 bits per heavy atom. The molecule has 94 valence electrons. The number of aryl methyl sites for hydroxylation is 1. The van der Waals surface area contributed by atoms with E-state index in [9.17, 15) is 4.79 Å². The summed E-state index contributed by atoms with van der Waals surface area (Å²) in [7, 11) is 1.98. The summed E-state index contributed by atoms with van der Waals surface area (Å²) in [6.07, 6.45) is 0. The quantitative estimate of drug-likeness (QED) is 0.714. The number of aromatic nitrogens is 3. The van der Waals surface area contributed by atoms with E-state index in [4.69, 9.17) is 0 Å². The molecule has 1 aliphatic rings. The molecule has 0 saturated carbocycles. The molecule has 1 aromatic rings. The van der Waals surface area contributed by atoms with Crippen LogP contribution in [0.2, 0.25) is 0 Å². The maximum atomic E-state index is 11.2. The summed E-state index contributed by atoms with van der Waals surface area (Å²) in [6, 6.07) is 0. The first kappa shape index (κ1) is 12.0. The van der Waals surface area contributed by atoms with E-state index in [1.165, 1.54) is 0 Å². The molecule has 1 aliphatic heterocycles. The molecule has 0 N–H and O–H groups in total. The number of piperazine rings is 1. The normalized spacial score (nSPS) is 17.5. The Labute approximate surface area is 101 Å². The zero-order chi connectivity index (χ0) is 12.4. The molecule has 0 atom stereocenters. The van der Waals surface area contributed by atoms with Gasteiger partial charge in [-0.25, -0.2) is 0 Å². The Bertz CT molecular complexity index is 406. The monoisotopic (exact) mass is 237 g/mol. The van der Waals surface area contributed by atoms with Gasteiger partial charge in [-0.05, 0) is 6.92 Å². The average Bonchev–Trinajstić information content (AvgIpc) is 2.62. The summed E-state index contributed by atoms with van der Waals surface area (Å²) >= 11 is 0. The van der Waals surface area contributed by atoms with Crippen molar-refractivity contribution in [1.82, 2.24) is 24.6 Å². The fraction of sp³-hybridized carbons (Fsp3) is 0.727. The van der Waals surface area contributed by atoms with Crippen LogP contribution in [0.5, 0.6) is 0 Å². The molecule has 6 nitrogen and oxygen atoms in total. The van der Waals surface area contributed by atoms with Crippen molar-refractivity contribution in [3.63, 3.8) is 0 Å². The van der Waals surface area contributed by atoms with Gasteiger partial charge in [0, 0.05) is 40.2 Å². The van der Waals surface area contributed by atoms with E-state index >= 15 is 0 Å². The van der Waals surface area contributed by atoms with Gasteiger partial charge < -0.3 is 9.47 Å². The largest absolute Gasteiger partial charge is 0.340 e. The maximum absolute atomic E-state index is 11.2. The van der Waals surface area contributed by atoms with Crippen molar-refractivity contribution < 1.29 is 4.79 Å². The number of amides is 1. The third kappa shape index (κ3) is 2.63. The third-order valence-corrected chi connectivity index (χ3v) is 3.37. The lowest BCUT2D eigenvalue weighted by molar-refractivity contribution is -0.130. The Kier molecular flexibility index (Phi) is 3.42. The molecule has 2 heterocycles. The molecular weight excluding hydrogens is 218 g/mol. The molecule has 1 saturated heterocycles. The Hall–Kier alpha value is -1.43. The lowest BCUT2D eigenvalue weighted by Gasteiger charge is -2.33. The van der Waals surface area contributed by atoms with Crippen LogP contribution in [0.25, 0.3) is 0 Å². The van der Waals surface area contributed by atoms with Gasteiger partial charge in [0.2, 0.25) is 5.91 Å². The van der Waals surface area contributed by atoms with Crippen LogP contribution in [0, 0.1) is 6.92 Å². The second kappa shape index (κ2) is 4.83. The van der Waals surface area contributed by atoms with E-state index in [1.807, 2.05) is 23.4 Å². The first-order valence-corrected chi connectivity index (χ1v) is 5.90. The van der Waals surface area contributed by atoms with E-state index in [1.54, 1.807) is 6.92 Å². The minimum atomic E-state index is 0.166. The van der Waals surface area contributed by atoms with Crippen LogP contribution < -0.4 is 0 Å². The van der Waals surface area contributed by atoms with Crippen molar-refractivity contribution >= 4 is 5.91 Å². The highest BCUT2D eigenvalue weighted by Gasteiger charge is 2.19. The standard InChI is InChI=1S/C11H19N5O/c1-9-12-13-11(14(9)3)8-15-4-6-16(7-5-15)10(2)17/h4-8H2,1-3H3. The first-order chi connectivity index (χ1) is 8.08. The smallest absolute Gasteiger partial charge is 0.219 e. The van der Waals surface area contributed by atoms with Crippen molar-refractivity contribution in [3.05, 3.63) is 11.6 Å². The number of carbonyl (C=O) groups excluding carboxylic acids is 1. The summed E-state index contributed by atoms with van der Waals surface area (Å²) in [5, 5.41) is 8.20. The number of carbonyl (C=O) groups is 1. The summed E-state index contributed by atoms with van der Waals surface area (Å²) < 4.78 is 2.01. The van der Waals surface area contributed by atoms with Crippen molar-refractivity contribution in [1.29, 1.82) is 0 Å². The van der Waals surface area contributed by atoms with Crippen molar-refractivity contribution in [2.24, 2.45) is 7.05 Å². The number of hydrogen-bond donors (Lipinski definition) is 0. The molecule has 6 heteroatoms. The third-order valence-electron chi connectivity index (χ3n) is 3.37. The molecule has 0 unspecified atom stereocenters. The van der Waals surface area contributed by atoms with Crippen LogP contribution >= 0.6 is 0 Å². The van der Waals surface area contributed by atoms with Gasteiger partial charge in [-0.1, -0.05) is 0 Å². The van der Waals surface area contributed by atoms with Gasteiger partial charge in [0.25, 0.3) is 0 Å². The van der Waals surface area contributed by atoms with Crippen LogP contribution in [0.1, 0.15) is 18.6 Å². The Morgan fingerprint density at radius 1 is 1.24 bits per heavy atom. The molecule has 2 rings (SSSR count). The van der Waals surface area contributed by atoms with Gasteiger partial charge in [-0.15, -0.1) is 10.2 Å². The van der Waals surface area contributed by atoms with Gasteiger partial charge in [0.05, 0.1) is 6.54 Å². The van der Waals surface area contributed by atoms with Crippen LogP contribution in [0.3, 0.4) is 0 Å². The van der Waals surface area contributed by atoms with Gasteiger partial charge >= 0.3 is 0 Å². The highest BCUT2D eigenvalue weighted by molar-refractivity contribution is 5.73. The molecular formula is C11H19N5O. The van der Waals surface area contributed by atoms with E-state index in [0.717, 1.165) is 44.4 Å². The highest BCUT2D eigenvalue weighted by Crippen LogP contribution is 2.07. The van der Waals surface area contributed by atoms with Gasteiger partial charge in [0.1, 0.15) is 11.6 Å². The van der Waals surface area contributed by atoms with Gasteiger partial charge in [-0.3, -0.25) is 9.69 Å². The minimum Gasteiger partial charge on any atom is -0.340 e. The van der Waals surface area contributed by atoms with E-state index < -0.39 is 0 Å². The Morgan fingerprint density at radius 2 is 1.88 bits per heavy atom.